The third-order valence-electron chi connectivity index (χ3n) is 6.40. The van der Waals surface area contributed by atoms with Gasteiger partial charge in [0.1, 0.15) is 6.04 Å². The number of fused-ring (bicyclic) bond motifs is 1. The number of amides is 4. The number of benzene rings is 1. The van der Waals surface area contributed by atoms with Gasteiger partial charge >= 0.3 is 5.97 Å². The molecule has 1 atom stereocenters. The molecule has 0 aromatic heterocycles. The van der Waals surface area contributed by atoms with Crippen LogP contribution >= 0.6 is 0 Å². The molecule has 9 nitrogen and oxygen atoms in total. The molecular formula is C22H25N3O6. The van der Waals surface area contributed by atoms with Crippen molar-refractivity contribution in [2.45, 2.75) is 51.0 Å². The van der Waals surface area contributed by atoms with Crippen LogP contribution < -0.4 is 10.2 Å². The summed E-state index contributed by atoms with van der Waals surface area (Å²) >= 11 is 0. The van der Waals surface area contributed by atoms with E-state index >= 15 is 0 Å². The zero-order chi connectivity index (χ0) is 22.1. The number of rotatable bonds is 6. The Hall–Kier alpha value is -3.23. The highest BCUT2D eigenvalue weighted by atomic mass is 16.4. The molecule has 1 aromatic carbocycles. The quantitative estimate of drug-likeness (QED) is 0.660. The lowest BCUT2D eigenvalue weighted by Crippen LogP contribution is -2.54. The van der Waals surface area contributed by atoms with E-state index < -0.39 is 35.6 Å². The lowest BCUT2D eigenvalue weighted by molar-refractivity contribution is -0.138. The Balaban J connectivity index is 1.49. The molecule has 0 radical (unpaired) electrons. The van der Waals surface area contributed by atoms with Crippen molar-refractivity contribution in [3.8, 4) is 0 Å². The number of carboxylic acids is 1. The van der Waals surface area contributed by atoms with Gasteiger partial charge in [0.2, 0.25) is 11.8 Å². The minimum atomic E-state index is -0.974. The number of carbonyl (C=O) groups excluding carboxylic acids is 4. The van der Waals surface area contributed by atoms with E-state index in [-0.39, 0.29) is 24.8 Å². The van der Waals surface area contributed by atoms with Gasteiger partial charge in [-0.1, -0.05) is 6.07 Å². The first-order chi connectivity index (χ1) is 14.9. The summed E-state index contributed by atoms with van der Waals surface area (Å²) < 4.78 is 0. The Kier molecular flexibility index (Phi) is 5.75. The Morgan fingerprint density at radius 3 is 2.48 bits per heavy atom. The first-order valence-electron chi connectivity index (χ1n) is 10.7. The number of anilines is 1. The van der Waals surface area contributed by atoms with Gasteiger partial charge in [0, 0.05) is 25.9 Å². The monoisotopic (exact) mass is 427 g/mol. The summed E-state index contributed by atoms with van der Waals surface area (Å²) in [6.45, 7) is 1.43. The molecule has 0 aliphatic carbocycles. The molecule has 4 rings (SSSR count). The largest absolute Gasteiger partial charge is 0.481 e. The van der Waals surface area contributed by atoms with Gasteiger partial charge in [-0.05, 0) is 50.2 Å². The normalized spacial score (nSPS) is 22.0. The topological polar surface area (TPSA) is 124 Å². The molecule has 31 heavy (non-hydrogen) atoms. The lowest BCUT2D eigenvalue weighted by Gasteiger charge is -2.34. The summed E-state index contributed by atoms with van der Waals surface area (Å²) in [5.41, 5.74) is 1.30. The maximum absolute atomic E-state index is 13.2. The van der Waals surface area contributed by atoms with E-state index in [0.717, 1.165) is 24.2 Å². The summed E-state index contributed by atoms with van der Waals surface area (Å²) in [5.74, 6) is -2.33. The molecule has 1 unspecified atom stereocenters. The van der Waals surface area contributed by atoms with Crippen LogP contribution in [-0.2, 0) is 14.4 Å². The van der Waals surface area contributed by atoms with Crippen molar-refractivity contribution in [1.29, 1.82) is 0 Å². The SMILES string of the molecule is O=C(O)CCCC1CCN(c2cccc3c2C(=O)N(C2CCC(=O)NC2=O)C3=O)CC1. The van der Waals surface area contributed by atoms with E-state index in [9.17, 15) is 24.0 Å². The van der Waals surface area contributed by atoms with Crippen LogP contribution in [0.2, 0.25) is 0 Å². The summed E-state index contributed by atoms with van der Waals surface area (Å²) in [7, 11) is 0. The lowest BCUT2D eigenvalue weighted by atomic mass is 9.91. The van der Waals surface area contributed by atoms with E-state index in [2.05, 4.69) is 10.2 Å². The van der Waals surface area contributed by atoms with Crippen molar-refractivity contribution < 1.29 is 29.1 Å². The number of imide groups is 2. The van der Waals surface area contributed by atoms with Crippen LogP contribution in [0.4, 0.5) is 5.69 Å². The van der Waals surface area contributed by atoms with Crippen LogP contribution in [0, 0.1) is 5.92 Å². The zero-order valence-electron chi connectivity index (χ0n) is 17.1. The van der Waals surface area contributed by atoms with Crippen LogP contribution in [0.15, 0.2) is 18.2 Å². The second-order valence-electron chi connectivity index (χ2n) is 8.36. The number of hydrogen-bond donors (Lipinski definition) is 2. The van der Waals surface area contributed by atoms with Crippen molar-refractivity contribution in [3.63, 3.8) is 0 Å². The molecular weight excluding hydrogens is 402 g/mol. The second kappa shape index (κ2) is 8.49. The van der Waals surface area contributed by atoms with Crippen molar-refractivity contribution in [1.82, 2.24) is 10.2 Å². The number of carboxylic acid groups (broad SMARTS) is 1. The number of aliphatic carboxylic acids is 1. The fraction of sp³-hybridized carbons (Fsp3) is 0.500. The molecule has 3 aliphatic rings. The van der Waals surface area contributed by atoms with Gasteiger partial charge < -0.3 is 10.0 Å². The Morgan fingerprint density at radius 1 is 1.06 bits per heavy atom. The summed E-state index contributed by atoms with van der Waals surface area (Å²) in [6, 6.07) is 4.19. The fourth-order valence-corrected chi connectivity index (χ4v) is 4.77. The molecule has 1 aromatic rings. The molecule has 0 saturated carbocycles. The van der Waals surface area contributed by atoms with Crippen LogP contribution in [0.3, 0.4) is 0 Å². The van der Waals surface area contributed by atoms with Gasteiger partial charge in [-0.2, -0.15) is 0 Å². The Bertz CT molecular complexity index is 951. The molecule has 164 valence electrons. The van der Waals surface area contributed by atoms with Crippen molar-refractivity contribution in [2.24, 2.45) is 5.92 Å². The molecule has 3 heterocycles. The average Bonchev–Trinajstić information content (AvgIpc) is 2.99. The second-order valence-corrected chi connectivity index (χ2v) is 8.36. The predicted octanol–water partition coefficient (Wildman–Crippen LogP) is 1.56. The highest BCUT2D eigenvalue weighted by molar-refractivity contribution is 6.25. The standard InChI is InChI=1S/C22H25N3O6/c26-17-8-7-16(20(29)23-17)25-21(30)14-4-2-5-15(19(14)22(25)31)24-11-9-13(10-12-24)3-1-6-18(27)28/h2,4-5,13,16H,1,3,6-12H2,(H,27,28)(H,23,26,29). The molecule has 2 saturated heterocycles. The van der Waals surface area contributed by atoms with E-state index in [1.165, 1.54) is 0 Å². The van der Waals surface area contributed by atoms with E-state index in [1.807, 2.05) is 6.07 Å². The maximum atomic E-state index is 13.2. The number of hydrogen-bond acceptors (Lipinski definition) is 6. The van der Waals surface area contributed by atoms with E-state index in [4.69, 9.17) is 5.11 Å². The summed E-state index contributed by atoms with van der Waals surface area (Å²) in [5, 5.41) is 11.0. The van der Waals surface area contributed by atoms with Crippen LogP contribution in [0.1, 0.15) is 65.7 Å². The van der Waals surface area contributed by atoms with Gasteiger partial charge in [0.25, 0.3) is 11.8 Å². The van der Waals surface area contributed by atoms with Gasteiger partial charge in [0.05, 0.1) is 16.8 Å². The van der Waals surface area contributed by atoms with Gasteiger partial charge in [0.15, 0.2) is 0 Å². The van der Waals surface area contributed by atoms with Gasteiger partial charge in [-0.25, -0.2) is 0 Å². The first-order valence-corrected chi connectivity index (χ1v) is 10.7. The fourth-order valence-electron chi connectivity index (χ4n) is 4.77. The minimum absolute atomic E-state index is 0.0893. The molecule has 4 amide bonds. The van der Waals surface area contributed by atoms with Crippen molar-refractivity contribution in [2.75, 3.05) is 18.0 Å². The Morgan fingerprint density at radius 2 is 1.81 bits per heavy atom. The number of piperidine rings is 2. The van der Waals surface area contributed by atoms with E-state index in [1.54, 1.807) is 12.1 Å². The maximum Gasteiger partial charge on any atom is 0.303 e. The Labute approximate surface area is 179 Å². The van der Waals surface area contributed by atoms with Crippen LogP contribution in [0.5, 0.6) is 0 Å². The molecule has 0 bridgehead atoms. The van der Waals surface area contributed by atoms with Crippen molar-refractivity contribution in [3.05, 3.63) is 29.3 Å². The summed E-state index contributed by atoms with van der Waals surface area (Å²) in [6.07, 6.45) is 3.71. The van der Waals surface area contributed by atoms with Crippen LogP contribution in [0.25, 0.3) is 0 Å². The number of nitrogens with zero attached hydrogens (tertiary/aromatic N) is 2. The third-order valence-corrected chi connectivity index (χ3v) is 6.40. The first kappa shape index (κ1) is 21.0. The molecule has 9 heteroatoms. The average molecular weight is 427 g/mol. The molecule has 3 aliphatic heterocycles. The van der Waals surface area contributed by atoms with Gasteiger partial charge in [-0.3, -0.25) is 34.2 Å². The van der Waals surface area contributed by atoms with Gasteiger partial charge in [-0.15, -0.1) is 0 Å². The van der Waals surface area contributed by atoms with Crippen molar-refractivity contribution >= 4 is 35.3 Å². The zero-order valence-corrected chi connectivity index (χ0v) is 17.1. The molecule has 0 spiro atoms. The summed E-state index contributed by atoms with van der Waals surface area (Å²) in [4.78, 5) is 63.7. The van der Waals surface area contributed by atoms with E-state index in [0.29, 0.717) is 36.7 Å². The predicted molar refractivity (Wildman–Crippen MR) is 110 cm³/mol. The smallest absolute Gasteiger partial charge is 0.303 e. The number of carbonyl (C=O) groups is 5. The minimum Gasteiger partial charge on any atom is -0.481 e. The van der Waals surface area contributed by atoms with Crippen LogP contribution in [-0.4, -0.2) is 58.7 Å². The highest BCUT2D eigenvalue weighted by Gasteiger charge is 2.46. The third kappa shape index (κ3) is 4.04. The molecule has 2 fully saturated rings. The molecule has 2 N–H and O–H groups in total. The number of nitrogens with one attached hydrogen (secondary N) is 1. The highest BCUT2D eigenvalue weighted by Crippen LogP contribution is 2.36.